The van der Waals surface area contributed by atoms with Gasteiger partial charge in [-0.3, -0.25) is 9.59 Å². The Hall–Kier alpha value is -3.17. The van der Waals surface area contributed by atoms with Crippen molar-refractivity contribution in [1.29, 1.82) is 0 Å². The second-order valence-electron chi connectivity index (χ2n) is 10.8. The lowest BCUT2D eigenvalue weighted by atomic mass is 9.60. The first-order valence-electron chi connectivity index (χ1n) is 12.7. The molecule has 3 aromatic rings. The lowest BCUT2D eigenvalue weighted by molar-refractivity contribution is -0.0277. The van der Waals surface area contributed by atoms with Gasteiger partial charge in [0.1, 0.15) is 17.1 Å². The molecule has 2 saturated carbocycles. The van der Waals surface area contributed by atoms with Crippen LogP contribution in [0.3, 0.4) is 0 Å². The number of aromatic nitrogens is 3. The van der Waals surface area contributed by atoms with E-state index in [0.717, 1.165) is 37.8 Å². The van der Waals surface area contributed by atoms with Gasteiger partial charge in [0.2, 0.25) is 0 Å². The van der Waals surface area contributed by atoms with Crippen LogP contribution in [0, 0.1) is 0 Å². The number of carbonyl (C=O) groups excluding carboxylic acids is 1. The molecule has 2 bridgehead atoms. The minimum atomic E-state index is -0.391. The number of hydrogen-bond acceptors (Lipinski definition) is 6. The topological polar surface area (TPSA) is 96.1 Å². The van der Waals surface area contributed by atoms with Crippen molar-refractivity contribution in [3.63, 3.8) is 0 Å². The molecule has 7 rings (SSSR count). The average molecular weight is 493 g/mol. The van der Waals surface area contributed by atoms with Crippen LogP contribution >= 0.6 is 0 Å². The molecule has 0 spiro atoms. The second kappa shape index (κ2) is 8.45. The number of fused-ring (bicyclic) bond motifs is 2. The highest BCUT2D eigenvalue weighted by molar-refractivity contribution is 6.06. The zero-order valence-corrected chi connectivity index (χ0v) is 21.0. The van der Waals surface area contributed by atoms with Crippen LogP contribution in [0.15, 0.2) is 41.6 Å². The number of pyridine rings is 2. The number of carbonyl (C=O) groups is 1. The third kappa shape index (κ3) is 3.90. The maximum Gasteiger partial charge on any atom is 0.274 e. The van der Waals surface area contributed by atoms with Gasteiger partial charge in [0, 0.05) is 49.8 Å². The molecule has 2 aliphatic heterocycles. The van der Waals surface area contributed by atoms with Crippen molar-refractivity contribution in [2.45, 2.75) is 69.1 Å². The van der Waals surface area contributed by atoms with Gasteiger partial charge in [-0.25, -0.2) is 4.98 Å². The van der Waals surface area contributed by atoms with Crippen LogP contribution in [0.4, 0.5) is 5.69 Å². The molecule has 3 aromatic heterocycles. The molecule has 0 radical (unpaired) electrons. The quantitative estimate of drug-likeness (QED) is 0.489. The van der Waals surface area contributed by atoms with E-state index >= 15 is 0 Å². The minimum absolute atomic E-state index is 0.0980. The number of imidazole rings is 1. The smallest absolute Gasteiger partial charge is 0.274 e. The van der Waals surface area contributed by atoms with E-state index in [9.17, 15) is 9.59 Å². The first-order valence-corrected chi connectivity index (χ1v) is 12.7. The van der Waals surface area contributed by atoms with Gasteiger partial charge in [0.15, 0.2) is 0 Å². The molecule has 36 heavy (non-hydrogen) atoms. The van der Waals surface area contributed by atoms with E-state index in [2.05, 4.69) is 5.32 Å². The number of ether oxygens (including phenoxy) is 3. The van der Waals surface area contributed by atoms with Crippen molar-refractivity contribution in [2.24, 2.45) is 0 Å². The monoisotopic (exact) mass is 492 g/mol. The Morgan fingerprint density at radius 1 is 1.31 bits per heavy atom. The van der Waals surface area contributed by atoms with Crippen molar-refractivity contribution < 1.29 is 19.0 Å². The number of hydrogen-bond donors (Lipinski definition) is 1. The van der Waals surface area contributed by atoms with E-state index in [0.29, 0.717) is 30.2 Å². The average Bonchev–Trinajstić information content (AvgIpc) is 3.31. The predicted octanol–water partition coefficient (Wildman–Crippen LogP) is 3.71. The normalized spacial score (nSPS) is 24.8. The lowest BCUT2D eigenvalue weighted by Crippen LogP contribution is -2.47. The molecular formula is C27H32N4O5. The summed E-state index contributed by atoms with van der Waals surface area (Å²) in [5, 5.41) is 2.81. The molecule has 4 fully saturated rings. The van der Waals surface area contributed by atoms with E-state index in [1.165, 1.54) is 0 Å². The van der Waals surface area contributed by atoms with Gasteiger partial charge in [0.05, 0.1) is 29.6 Å². The summed E-state index contributed by atoms with van der Waals surface area (Å²) >= 11 is 0. The number of rotatable bonds is 9. The van der Waals surface area contributed by atoms with Crippen molar-refractivity contribution in [3.05, 3.63) is 58.4 Å². The summed E-state index contributed by atoms with van der Waals surface area (Å²) in [5.41, 5.74) is 1.91. The molecule has 2 saturated heterocycles. The predicted molar refractivity (Wildman–Crippen MR) is 134 cm³/mol. The Balaban J connectivity index is 1.31. The molecule has 1 N–H and O–H groups in total. The van der Waals surface area contributed by atoms with E-state index in [1.54, 1.807) is 42.3 Å². The highest BCUT2D eigenvalue weighted by atomic mass is 16.5. The van der Waals surface area contributed by atoms with Gasteiger partial charge < -0.3 is 28.5 Å². The zero-order chi connectivity index (χ0) is 25.1. The SMILES string of the molecule is COCCC12CC(c3cn4cc(C(=O)Nc5cccn(C6CC6)c5=O)c(OC(C)C)cc4n3)(CO1)C2. The summed E-state index contributed by atoms with van der Waals surface area (Å²) in [6, 6.07) is 5.46. The summed E-state index contributed by atoms with van der Waals surface area (Å²) < 4.78 is 21.0. The largest absolute Gasteiger partial charge is 0.490 e. The molecule has 0 unspecified atom stereocenters. The van der Waals surface area contributed by atoms with Crippen LogP contribution in [0.1, 0.15) is 68.0 Å². The van der Waals surface area contributed by atoms with Crippen LogP contribution < -0.4 is 15.6 Å². The van der Waals surface area contributed by atoms with E-state index in [1.807, 2.05) is 24.4 Å². The number of anilines is 1. The summed E-state index contributed by atoms with van der Waals surface area (Å²) in [6.45, 7) is 5.15. The van der Waals surface area contributed by atoms with Crippen molar-refractivity contribution >= 4 is 17.2 Å². The molecule has 9 nitrogen and oxygen atoms in total. The Bertz CT molecular complexity index is 1380. The Morgan fingerprint density at radius 3 is 2.83 bits per heavy atom. The van der Waals surface area contributed by atoms with E-state index in [4.69, 9.17) is 19.2 Å². The summed E-state index contributed by atoms with van der Waals surface area (Å²) in [4.78, 5) is 31.1. The van der Waals surface area contributed by atoms with E-state index < -0.39 is 5.91 Å². The summed E-state index contributed by atoms with van der Waals surface area (Å²) in [5.74, 6) is 0.0480. The molecule has 0 aromatic carbocycles. The summed E-state index contributed by atoms with van der Waals surface area (Å²) in [7, 11) is 1.71. The standard InChI is InChI=1S/C27H32N4O5/c1-17(2)36-21-11-23-29-22(26-14-27(15-26,35-16-26)8-10-34-3)13-30(23)12-19(21)24(32)28-20-5-4-9-31(25(20)33)18-6-7-18/h4-5,9,11-13,17-18H,6-8,10,14-16H2,1-3H3,(H,28,32). The second-order valence-corrected chi connectivity index (χ2v) is 10.8. The van der Waals surface area contributed by atoms with Crippen molar-refractivity contribution in [1.82, 2.24) is 14.0 Å². The van der Waals surface area contributed by atoms with Gasteiger partial charge in [-0.1, -0.05) is 0 Å². The first kappa shape index (κ1) is 23.2. The van der Waals surface area contributed by atoms with Gasteiger partial charge >= 0.3 is 0 Å². The van der Waals surface area contributed by atoms with E-state index in [-0.39, 0.29) is 34.4 Å². The van der Waals surface area contributed by atoms with Crippen LogP contribution in [0.25, 0.3) is 5.65 Å². The molecule has 1 amide bonds. The highest BCUT2D eigenvalue weighted by Crippen LogP contribution is 2.60. The zero-order valence-electron chi connectivity index (χ0n) is 21.0. The Morgan fingerprint density at radius 2 is 2.11 bits per heavy atom. The maximum absolute atomic E-state index is 13.4. The maximum atomic E-state index is 13.4. The molecule has 2 aliphatic carbocycles. The fraction of sp³-hybridized carbons (Fsp3) is 0.519. The number of amides is 1. The van der Waals surface area contributed by atoms with Gasteiger partial charge in [-0.2, -0.15) is 0 Å². The number of nitrogens with zero attached hydrogens (tertiary/aromatic N) is 3. The van der Waals surface area contributed by atoms with Crippen molar-refractivity contribution in [3.8, 4) is 5.75 Å². The van der Waals surface area contributed by atoms with Crippen LogP contribution in [0.2, 0.25) is 0 Å². The first-order chi connectivity index (χ1) is 17.3. The summed E-state index contributed by atoms with van der Waals surface area (Å²) in [6.07, 6.45) is 10.1. The third-order valence-electron chi connectivity index (χ3n) is 7.61. The van der Waals surface area contributed by atoms with Gasteiger partial charge in [0.25, 0.3) is 11.5 Å². The van der Waals surface area contributed by atoms with Crippen LogP contribution in [-0.2, 0) is 14.9 Å². The molecule has 5 heterocycles. The van der Waals surface area contributed by atoms with Gasteiger partial charge in [-0.15, -0.1) is 0 Å². The fourth-order valence-corrected chi connectivity index (χ4v) is 5.70. The van der Waals surface area contributed by atoms with Crippen LogP contribution in [-0.4, -0.2) is 51.9 Å². The van der Waals surface area contributed by atoms with Gasteiger partial charge in [-0.05, 0) is 58.1 Å². The number of methoxy groups -OCH3 is 1. The Labute approximate surface area is 209 Å². The molecule has 190 valence electrons. The minimum Gasteiger partial charge on any atom is -0.490 e. The van der Waals surface area contributed by atoms with Crippen LogP contribution in [0.5, 0.6) is 5.75 Å². The molecule has 9 heteroatoms. The van der Waals surface area contributed by atoms with Crippen molar-refractivity contribution in [2.75, 3.05) is 25.6 Å². The number of nitrogens with one attached hydrogen (secondary N) is 1. The lowest BCUT2D eigenvalue weighted by Gasteiger charge is -2.43. The fourth-order valence-electron chi connectivity index (χ4n) is 5.70. The molecular weight excluding hydrogens is 460 g/mol. The molecule has 0 atom stereocenters. The molecule has 4 aliphatic rings. The third-order valence-corrected chi connectivity index (χ3v) is 7.61. The highest BCUT2D eigenvalue weighted by Gasteiger charge is 2.63. The Kier molecular flexibility index (Phi) is 5.46.